The van der Waals surface area contributed by atoms with Crippen molar-refractivity contribution >= 4 is 0 Å². The van der Waals surface area contributed by atoms with Crippen molar-refractivity contribution in [3.05, 3.63) is 18.2 Å². The van der Waals surface area contributed by atoms with Crippen LogP contribution in [0.3, 0.4) is 0 Å². The highest BCUT2D eigenvalue weighted by Crippen LogP contribution is 2.37. The molecule has 1 fully saturated rings. The van der Waals surface area contributed by atoms with Crippen LogP contribution < -0.4 is 0 Å². The fourth-order valence-electron chi connectivity index (χ4n) is 2.56. The van der Waals surface area contributed by atoms with Gasteiger partial charge in [-0.25, -0.2) is 4.98 Å². The molecule has 14 heavy (non-hydrogen) atoms. The molecule has 0 amide bonds. The molecule has 0 spiro atoms. The quantitative estimate of drug-likeness (QED) is 0.765. The number of imidazole rings is 1. The summed E-state index contributed by atoms with van der Waals surface area (Å²) in [6.45, 7) is 4.69. The zero-order valence-corrected chi connectivity index (χ0v) is 9.16. The van der Waals surface area contributed by atoms with Crippen LogP contribution in [0.15, 0.2) is 12.4 Å². The van der Waals surface area contributed by atoms with Gasteiger partial charge < -0.3 is 4.98 Å². The van der Waals surface area contributed by atoms with Crippen molar-refractivity contribution in [2.24, 2.45) is 11.8 Å². The predicted octanol–water partition coefficient (Wildman–Crippen LogP) is 3.34. The van der Waals surface area contributed by atoms with Gasteiger partial charge in [0.25, 0.3) is 0 Å². The fourth-order valence-corrected chi connectivity index (χ4v) is 2.56. The van der Waals surface area contributed by atoms with Gasteiger partial charge in [0.15, 0.2) is 0 Å². The van der Waals surface area contributed by atoms with Crippen molar-refractivity contribution in [3.8, 4) is 0 Å². The monoisotopic (exact) mass is 192 g/mol. The Morgan fingerprint density at radius 1 is 1.29 bits per heavy atom. The fraction of sp³-hybridized carbons (Fsp3) is 0.750. The van der Waals surface area contributed by atoms with Gasteiger partial charge in [0.2, 0.25) is 0 Å². The van der Waals surface area contributed by atoms with E-state index in [9.17, 15) is 0 Å². The van der Waals surface area contributed by atoms with E-state index in [4.69, 9.17) is 0 Å². The Kier molecular flexibility index (Phi) is 2.90. The Bertz CT molecular complexity index is 256. The number of rotatable bonds is 2. The summed E-state index contributed by atoms with van der Waals surface area (Å²) in [5.74, 6) is 3.70. The molecular formula is C12H20N2. The Labute approximate surface area is 86.1 Å². The van der Waals surface area contributed by atoms with E-state index in [-0.39, 0.29) is 0 Å². The van der Waals surface area contributed by atoms with Gasteiger partial charge in [0, 0.05) is 18.3 Å². The van der Waals surface area contributed by atoms with E-state index in [1.165, 1.54) is 31.5 Å². The number of hydrogen-bond acceptors (Lipinski definition) is 1. The Morgan fingerprint density at radius 2 is 2.00 bits per heavy atom. The zero-order valence-electron chi connectivity index (χ0n) is 9.16. The molecule has 78 valence electrons. The molecule has 2 nitrogen and oxygen atoms in total. The minimum atomic E-state index is 0.694. The van der Waals surface area contributed by atoms with E-state index in [0.29, 0.717) is 5.92 Å². The lowest BCUT2D eigenvalue weighted by molar-refractivity contribution is 0.255. The number of nitrogens with one attached hydrogen (secondary N) is 1. The summed E-state index contributed by atoms with van der Waals surface area (Å²) >= 11 is 0. The van der Waals surface area contributed by atoms with Crippen LogP contribution in [0.2, 0.25) is 0 Å². The Hall–Kier alpha value is -0.790. The molecule has 1 aliphatic carbocycles. The maximum Gasteiger partial charge on any atom is 0.109 e. The molecule has 1 aromatic rings. The zero-order chi connectivity index (χ0) is 9.97. The Balaban J connectivity index is 1.90. The standard InChI is InChI=1S/C12H20N2/c1-9(2)10-3-5-11(6-4-10)12-13-7-8-14-12/h7-11H,3-6H2,1-2H3,(H,13,14)/t10-,11+. The summed E-state index contributed by atoms with van der Waals surface area (Å²) < 4.78 is 0. The van der Waals surface area contributed by atoms with Crippen molar-refractivity contribution in [3.63, 3.8) is 0 Å². The number of hydrogen-bond donors (Lipinski definition) is 1. The number of H-pyrrole nitrogens is 1. The first-order chi connectivity index (χ1) is 6.77. The van der Waals surface area contributed by atoms with Crippen molar-refractivity contribution in [2.75, 3.05) is 0 Å². The average molecular weight is 192 g/mol. The third kappa shape index (κ3) is 1.99. The molecule has 1 heterocycles. The van der Waals surface area contributed by atoms with Crippen LogP contribution in [0.25, 0.3) is 0 Å². The van der Waals surface area contributed by atoms with Crippen molar-refractivity contribution in [2.45, 2.75) is 45.4 Å². The van der Waals surface area contributed by atoms with Crippen LogP contribution in [0.4, 0.5) is 0 Å². The number of aromatic amines is 1. The van der Waals surface area contributed by atoms with E-state index in [0.717, 1.165) is 11.8 Å². The summed E-state index contributed by atoms with van der Waals surface area (Å²) in [6.07, 6.45) is 9.19. The van der Waals surface area contributed by atoms with E-state index < -0.39 is 0 Å². The molecular weight excluding hydrogens is 172 g/mol. The maximum atomic E-state index is 4.35. The normalized spacial score (nSPS) is 28.2. The molecule has 1 N–H and O–H groups in total. The minimum Gasteiger partial charge on any atom is -0.348 e. The second-order valence-corrected chi connectivity index (χ2v) is 4.83. The van der Waals surface area contributed by atoms with Gasteiger partial charge in [-0.15, -0.1) is 0 Å². The minimum absolute atomic E-state index is 0.694. The first-order valence-electron chi connectivity index (χ1n) is 5.76. The van der Waals surface area contributed by atoms with Gasteiger partial charge in [0.05, 0.1) is 0 Å². The molecule has 2 rings (SSSR count). The predicted molar refractivity (Wildman–Crippen MR) is 58.1 cm³/mol. The Morgan fingerprint density at radius 3 is 2.50 bits per heavy atom. The molecule has 2 heteroatoms. The number of aromatic nitrogens is 2. The van der Waals surface area contributed by atoms with E-state index in [2.05, 4.69) is 23.8 Å². The third-order valence-electron chi connectivity index (χ3n) is 3.62. The van der Waals surface area contributed by atoms with Gasteiger partial charge in [-0.3, -0.25) is 0 Å². The lowest BCUT2D eigenvalue weighted by atomic mass is 9.77. The highest BCUT2D eigenvalue weighted by atomic mass is 14.9. The van der Waals surface area contributed by atoms with E-state index in [1.807, 2.05) is 12.4 Å². The van der Waals surface area contributed by atoms with Gasteiger partial charge in [0.1, 0.15) is 5.82 Å². The van der Waals surface area contributed by atoms with Gasteiger partial charge in [-0.2, -0.15) is 0 Å². The largest absolute Gasteiger partial charge is 0.348 e. The summed E-state index contributed by atoms with van der Waals surface area (Å²) in [5.41, 5.74) is 0. The summed E-state index contributed by atoms with van der Waals surface area (Å²) in [5, 5.41) is 0. The summed E-state index contributed by atoms with van der Waals surface area (Å²) in [4.78, 5) is 7.59. The second kappa shape index (κ2) is 4.16. The second-order valence-electron chi connectivity index (χ2n) is 4.83. The highest BCUT2D eigenvalue weighted by molar-refractivity contribution is 4.98. The van der Waals surface area contributed by atoms with Crippen LogP contribution >= 0.6 is 0 Å². The molecule has 0 unspecified atom stereocenters. The van der Waals surface area contributed by atoms with Crippen molar-refractivity contribution in [1.82, 2.24) is 9.97 Å². The first kappa shape index (κ1) is 9.75. The molecule has 0 atom stereocenters. The molecule has 0 aliphatic heterocycles. The molecule has 0 saturated heterocycles. The van der Waals surface area contributed by atoms with Crippen molar-refractivity contribution < 1.29 is 0 Å². The van der Waals surface area contributed by atoms with Gasteiger partial charge in [-0.1, -0.05) is 13.8 Å². The molecule has 1 aromatic heterocycles. The molecule has 0 aromatic carbocycles. The molecule has 1 aliphatic rings. The van der Waals surface area contributed by atoms with Gasteiger partial charge >= 0.3 is 0 Å². The molecule has 0 bridgehead atoms. The van der Waals surface area contributed by atoms with Crippen LogP contribution in [0.1, 0.15) is 51.3 Å². The maximum absolute atomic E-state index is 4.35. The van der Waals surface area contributed by atoms with Crippen LogP contribution in [-0.2, 0) is 0 Å². The van der Waals surface area contributed by atoms with E-state index in [1.54, 1.807) is 0 Å². The smallest absolute Gasteiger partial charge is 0.109 e. The third-order valence-corrected chi connectivity index (χ3v) is 3.62. The van der Waals surface area contributed by atoms with Crippen LogP contribution in [-0.4, -0.2) is 9.97 Å². The van der Waals surface area contributed by atoms with Crippen molar-refractivity contribution in [1.29, 1.82) is 0 Å². The highest BCUT2D eigenvalue weighted by Gasteiger charge is 2.25. The lowest BCUT2D eigenvalue weighted by Crippen LogP contribution is -2.18. The molecule has 1 saturated carbocycles. The number of nitrogens with zero attached hydrogens (tertiary/aromatic N) is 1. The lowest BCUT2D eigenvalue weighted by Gasteiger charge is -2.29. The van der Waals surface area contributed by atoms with E-state index >= 15 is 0 Å². The topological polar surface area (TPSA) is 28.7 Å². The summed E-state index contributed by atoms with van der Waals surface area (Å²) in [7, 11) is 0. The first-order valence-corrected chi connectivity index (χ1v) is 5.76. The van der Waals surface area contributed by atoms with Gasteiger partial charge in [-0.05, 0) is 37.5 Å². The van der Waals surface area contributed by atoms with Crippen LogP contribution in [0.5, 0.6) is 0 Å². The SMILES string of the molecule is CC(C)[C@H]1CC[C@@H](c2ncc[nH]2)CC1. The van der Waals surface area contributed by atoms with Crippen LogP contribution in [0, 0.1) is 11.8 Å². The molecule has 0 radical (unpaired) electrons. The average Bonchev–Trinajstić information content (AvgIpc) is 2.71. The summed E-state index contributed by atoms with van der Waals surface area (Å²) in [6, 6.07) is 0.